The summed E-state index contributed by atoms with van der Waals surface area (Å²) < 4.78 is 28.3. The highest BCUT2D eigenvalue weighted by Crippen LogP contribution is 2.27. The van der Waals surface area contributed by atoms with Crippen LogP contribution in [0.1, 0.15) is 15.9 Å². The molecule has 42 heavy (non-hydrogen) atoms. The molecule has 0 bridgehead atoms. The molecule has 2 aromatic heterocycles. The molecule has 0 radical (unpaired) electrons. The summed E-state index contributed by atoms with van der Waals surface area (Å²) in [7, 11) is -3.90. The zero-order valence-corrected chi connectivity index (χ0v) is 23.5. The molecule has 6 rings (SSSR count). The van der Waals surface area contributed by atoms with E-state index >= 15 is 0 Å². The predicted molar refractivity (Wildman–Crippen MR) is 162 cm³/mol. The number of aromatic nitrogens is 3. The Kier molecular flexibility index (Phi) is 7.51. The van der Waals surface area contributed by atoms with E-state index in [9.17, 15) is 13.2 Å². The summed E-state index contributed by atoms with van der Waals surface area (Å²) in [6.45, 7) is 4.48. The van der Waals surface area contributed by atoms with Gasteiger partial charge in [0.1, 0.15) is 5.82 Å². The fourth-order valence-electron chi connectivity index (χ4n) is 4.98. The van der Waals surface area contributed by atoms with Crippen molar-refractivity contribution < 1.29 is 13.2 Å². The molecule has 3 heterocycles. The molecule has 212 valence electrons. The predicted octanol–water partition coefficient (Wildman–Crippen LogP) is 3.91. The lowest BCUT2D eigenvalue weighted by Crippen LogP contribution is -2.46. The molecule has 0 spiro atoms. The van der Waals surface area contributed by atoms with Crippen LogP contribution in [0.15, 0.2) is 102 Å². The lowest BCUT2D eigenvalue weighted by atomic mass is 10.0. The molecular weight excluding hydrogens is 550 g/mol. The second-order valence-electron chi connectivity index (χ2n) is 10.1. The van der Waals surface area contributed by atoms with Gasteiger partial charge in [-0.25, -0.2) is 13.4 Å². The van der Waals surface area contributed by atoms with Crippen LogP contribution in [0, 0.1) is 0 Å². The summed E-state index contributed by atoms with van der Waals surface area (Å²) in [6, 6.07) is 22.7. The molecule has 1 fully saturated rings. The highest BCUT2D eigenvalue weighted by Gasteiger charge is 2.19. The van der Waals surface area contributed by atoms with Crippen LogP contribution in [0.3, 0.4) is 0 Å². The first-order valence-electron chi connectivity index (χ1n) is 13.5. The number of benzene rings is 3. The summed E-state index contributed by atoms with van der Waals surface area (Å²) in [5, 5.41) is 0. The van der Waals surface area contributed by atoms with Crippen molar-refractivity contribution in [1.82, 2.24) is 19.9 Å². The first-order valence-corrected chi connectivity index (χ1v) is 15.0. The molecule has 0 unspecified atom stereocenters. The Balaban J connectivity index is 1.14. The number of fused-ring (bicyclic) bond motifs is 1. The maximum atomic E-state index is 12.9. The number of nitrogens with zero attached hydrogens (tertiary/aromatic N) is 5. The minimum Gasteiger partial charge on any atom is -0.366 e. The van der Waals surface area contributed by atoms with Crippen LogP contribution in [0.2, 0.25) is 0 Å². The fraction of sp³-hybridized carbons (Fsp3) is 0.161. The number of piperazine rings is 1. The number of sulfonamides is 1. The van der Waals surface area contributed by atoms with E-state index in [0.717, 1.165) is 60.7 Å². The maximum absolute atomic E-state index is 12.9. The summed E-state index contributed by atoms with van der Waals surface area (Å²) in [4.78, 5) is 29.9. The zero-order chi connectivity index (χ0) is 29.1. The Labute approximate surface area is 243 Å². The molecular formula is C31H29N7O3S. The zero-order valence-electron chi connectivity index (χ0n) is 22.7. The normalized spacial score (nSPS) is 14.1. The topological polar surface area (TPSA) is 134 Å². The molecule has 3 aromatic carbocycles. The van der Waals surface area contributed by atoms with Crippen LogP contribution in [0.25, 0.3) is 22.2 Å². The molecule has 1 aliphatic heterocycles. The van der Waals surface area contributed by atoms with E-state index < -0.39 is 15.9 Å². The molecule has 1 saturated heterocycles. The van der Waals surface area contributed by atoms with Crippen molar-refractivity contribution in [1.29, 1.82) is 0 Å². The van der Waals surface area contributed by atoms with Gasteiger partial charge in [-0.1, -0.05) is 30.3 Å². The van der Waals surface area contributed by atoms with Gasteiger partial charge in [0.2, 0.25) is 5.91 Å². The SMILES string of the molecule is NC(=O)c1cccc(S(=O)(=O)Nc2ccc(-c3ccc4ncc(N5CCN(Cc6cccnc6)CC5)nc4c3)cc2)c1. The number of nitrogens with one attached hydrogen (secondary N) is 1. The van der Waals surface area contributed by atoms with E-state index in [4.69, 9.17) is 10.7 Å². The summed E-state index contributed by atoms with van der Waals surface area (Å²) in [6.07, 6.45) is 5.54. The van der Waals surface area contributed by atoms with Gasteiger partial charge in [0, 0.05) is 56.4 Å². The number of amides is 1. The number of primary amides is 1. The van der Waals surface area contributed by atoms with E-state index in [1.165, 1.54) is 29.8 Å². The average molecular weight is 580 g/mol. The number of carbonyl (C=O) groups excluding carboxylic acids is 1. The van der Waals surface area contributed by atoms with Crippen molar-refractivity contribution >= 4 is 38.5 Å². The van der Waals surface area contributed by atoms with E-state index in [1.807, 2.05) is 48.8 Å². The van der Waals surface area contributed by atoms with Crippen molar-refractivity contribution in [3.63, 3.8) is 0 Å². The van der Waals surface area contributed by atoms with Gasteiger partial charge in [0.15, 0.2) is 0 Å². The number of hydrogen-bond donors (Lipinski definition) is 2. The minimum atomic E-state index is -3.90. The standard InChI is InChI=1S/C31H29N7O3S/c32-31(39)25-4-1-5-27(17-25)42(40,41)36-26-9-6-23(7-10-26)24-8-11-28-29(18-24)35-30(20-34-28)38-15-13-37(14-16-38)21-22-3-2-12-33-19-22/h1-12,17-20,36H,13-16,21H2,(H2,32,39). The largest absolute Gasteiger partial charge is 0.366 e. The smallest absolute Gasteiger partial charge is 0.261 e. The van der Waals surface area contributed by atoms with Gasteiger partial charge in [-0.2, -0.15) is 0 Å². The molecule has 0 aliphatic carbocycles. The van der Waals surface area contributed by atoms with Crippen molar-refractivity contribution in [3.05, 3.63) is 109 Å². The third-order valence-corrected chi connectivity index (χ3v) is 8.63. The average Bonchev–Trinajstić information content (AvgIpc) is 3.02. The van der Waals surface area contributed by atoms with Crippen molar-refractivity contribution in [3.8, 4) is 11.1 Å². The van der Waals surface area contributed by atoms with Gasteiger partial charge >= 0.3 is 0 Å². The number of carbonyl (C=O) groups is 1. The van der Waals surface area contributed by atoms with Crippen molar-refractivity contribution in [2.45, 2.75) is 11.4 Å². The number of pyridine rings is 1. The van der Waals surface area contributed by atoms with E-state index in [1.54, 1.807) is 18.3 Å². The number of rotatable bonds is 8. The number of hydrogen-bond acceptors (Lipinski definition) is 8. The van der Waals surface area contributed by atoms with E-state index in [2.05, 4.69) is 30.6 Å². The number of nitrogens with two attached hydrogens (primary N) is 1. The first kappa shape index (κ1) is 27.3. The van der Waals surface area contributed by atoms with E-state index in [0.29, 0.717) is 5.69 Å². The molecule has 1 amide bonds. The second kappa shape index (κ2) is 11.6. The quantitative estimate of drug-likeness (QED) is 0.283. The number of anilines is 2. The first-order chi connectivity index (χ1) is 20.3. The van der Waals surface area contributed by atoms with Gasteiger partial charge in [0.25, 0.3) is 10.0 Å². The summed E-state index contributed by atoms with van der Waals surface area (Å²) in [5.41, 5.74) is 10.5. The van der Waals surface area contributed by atoms with Gasteiger partial charge in [-0.15, -0.1) is 0 Å². The van der Waals surface area contributed by atoms with Crippen LogP contribution in [0.4, 0.5) is 11.5 Å². The van der Waals surface area contributed by atoms with Gasteiger partial charge in [-0.05, 0) is 65.2 Å². The van der Waals surface area contributed by atoms with Crippen LogP contribution < -0.4 is 15.4 Å². The lowest BCUT2D eigenvalue weighted by Gasteiger charge is -2.35. The molecule has 0 saturated carbocycles. The minimum absolute atomic E-state index is 0.0401. The van der Waals surface area contributed by atoms with Crippen LogP contribution in [-0.2, 0) is 16.6 Å². The van der Waals surface area contributed by atoms with Crippen LogP contribution in [0.5, 0.6) is 0 Å². The second-order valence-corrected chi connectivity index (χ2v) is 11.8. The Morgan fingerprint density at radius 1 is 0.857 bits per heavy atom. The third-order valence-electron chi connectivity index (χ3n) is 7.25. The molecule has 3 N–H and O–H groups in total. The molecule has 1 aliphatic rings. The molecule has 5 aromatic rings. The Bertz CT molecular complexity index is 1840. The molecule has 0 atom stereocenters. The monoisotopic (exact) mass is 579 g/mol. The van der Waals surface area contributed by atoms with Crippen molar-refractivity contribution in [2.24, 2.45) is 5.73 Å². The van der Waals surface area contributed by atoms with Gasteiger partial charge in [-0.3, -0.25) is 24.4 Å². The Hall–Kier alpha value is -4.87. The molecule has 11 heteroatoms. The van der Waals surface area contributed by atoms with Gasteiger partial charge < -0.3 is 10.6 Å². The Morgan fingerprint density at radius 3 is 2.38 bits per heavy atom. The summed E-state index contributed by atoms with van der Waals surface area (Å²) in [5.74, 6) is 0.161. The van der Waals surface area contributed by atoms with Crippen molar-refractivity contribution in [2.75, 3.05) is 35.8 Å². The van der Waals surface area contributed by atoms with Crippen LogP contribution >= 0.6 is 0 Å². The lowest BCUT2D eigenvalue weighted by molar-refractivity contribution is 0.1000. The third kappa shape index (κ3) is 6.07. The molecule has 10 nitrogen and oxygen atoms in total. The van der Waals surface area contributed by atoms with Crippen LogP contribution in [-0.4, -0.2) is 60.4 Å². The highest BCUT2D eigenvalue weighted by molar-refractivity contribution is 7.92. The summed E-state index contributed by atoms with van der Waals surface area (Å²) >= 11 is 0. The van der Waals surface area contributed by atoms with Gasteiger partial charge in [0.05, 0.1) is 22.1 Å². The van der Waals surface area contributed by atoms with E-state index in [-0.39, 0.29) is 10.5 Å². The Morgan fingerprint density at radius 2 is 1.64 bits per heavy atom. The fourth-order valence-corrected chi connectivity index (χ4v) is 6.08. The highest BCUT2D eigenvalue weighted by atomic mass is 32.2. The maximum Gasteiger partial charge on any atom is 0.261 e.